The first-order valence-electron chi connectivity index (χ1n) is 13.3. The van der Waals surface area contributed by atoms with Gasteiger partial charge in [-0.2, -0.15) is 0 Å². The lowest BCUT2D eigenvalue weighted by Crippen LogP contribution is -2.57. The molecule has 2 saturated heterocycles. The van der Waals surface area contributed by atoms with Gasteiger partial charge in [0.2, 0.25) is 5.91 Å². The Bertz CT molecular complexity index is 1210. The normalized spacial score (nSPS) is 21.3. The molecule has 0 spiro atoms. The number of hydrogen-bond acceptors (Lipinski definition) is 7. The van der Waals surface area contributed by atoms with Crippen molar-refractivity contribution in [3.63, 3.8) is 0 Å². The van der Waals surface area contributed by atoms with Gasteiger partial charge in [0.1, 0.15) is 18.4 Å². The van der Waals surface area contributed by atoms with Gasteiger partial charge in [0.25, 0.3) is 11.8 Å². The zero-order valence-electron chi connectivity index (χ0n) is 22.1. The molecule has 3 aliphatic rings. The molecule has 9 heteroatoms. The second-order valence-electron chi connectivity index (χ2n) is 11.2. The van der Waals surface area contributed by atoms with Crippen molar-refractivity contribution in [3.8, 4) is 5.75 Å². The third-order valence-electron chi connectivity index (χ3n) is 8.16. The first-order chi connectivity index (χ1) is 18.1. The van der Waals surface area contributed by atoms with E-state index in [0.717, 1.165) is 43.6 Å². The van der Waals surface area contributed by atoms with Crippen LogP contribution in [-0.4, -0.2) is 62.4 Å². The van der Waals surface area contributed by atoms with Gasteiger partial charge >= 0.3 is 0 Å². The molecule has 3 N–H and O–H groups in total. The Labute approximate surface area is 223 Å². The number of nitrogens with zero attached hydrogens (tertiary/aromatic N) is 3. The van der Waals surface area contributed by atoms with Gasteiger partial charge in [-0.3, -0.25) is 19.3 Å². The van der Waals surface area contributed by atoms with Crippen molar-refractivity contribution in [1.29, 1.82) is 0 Å². The summed E-state index contributed by atoms with van der Waals surface area (Å²) in [4.78, 5) is 41.3. The number of ether oxygens (including phenoxy) is 1. The summed E-state index contributed by atoms with van der Waals surface area (Å²) in [5.41, 5.74) is 2.91. The minimum Gasteiger partial charge on any atom is -0.489 e. The summed E-state index contributed by atoms with van der Waals surface area (Å²) >= 11 is 0. The highest BCUT2D eigenvalue weighted by molar-refractivity contribution is 6.05. The van der Waals surface area contributed by atoms with E-state index in [1.807, 2.05) is 19.9 Å². The number of piperidine rings is 2. The summed E-state index contributed by atoms with van der Waals surface area (Å²) in [6.07, 6.45) is 2.42. The van der Waals surface area contributed by atoms with Gasteiger partial charge in [0.05, 0.1) is 12.1 Å². The number of rotatable bonds is 7. The molecule has 0 radical (unpaired) electrons. The minimum atomic E-state index is -0.751. The highest BCUT2D eigenvalue weighted by Crippen LogP contribution is 2.34. The summed E-state index contributed by atoms with van der Waals surface area (Å²) in [5, 5.41) is 10.9. The van der Waals surface area contributed by atoms with Crippen LogP contribution in [0.2, 0.25) is 0 Å². The van der Waals surface area contributed by atoms with Crippen LogP contribution < -0.4 is 10.6 Å². The number of hydrazine groups is 1. The molecule has 9 nitrogen and oxygen atoms in total. The standard InChI is InChI=1S/C29H36N4O5/c1-29(2,37)21-12-14-31(15-13-21)16-19-6-8-20(9-7-19)18-38-25-5-3-4-22-23(25)17-32(27(22)35)24-10-11-26(34)33(30)28(24)36/h3-9,21,24,37H,10-18,30H2,1-2H3. The Balaban J connectivity index is 1.18. The highest BCUT2D eigenvalue weighted by Gasteiger charge is 2.42. The number of aliphatic hydroxyl groups is 1. The molecule has 0 bridgehead atoms. The summed E-state index contributed by atoms with van der Waals surface area (Å²) in [6.45, 7) is 7.26. The molecule has 5 rings (SSSR count). The summed E-state index contributed by atoms with van der Waals surface area (Å²) in [5.74, 6) is 5.35. The zero-order valence-corrected chi connectivity index (χ0v) is 22.1. The van der Waals surface area contributed by atoms with Gasteiger partial charge in [-0.05, 0) is 75.4 Å². The van der Waals surface area contributed by atoms with Crippen LogP contribution in [0.5, 0.6) is 5.75 Å². The molecule has 3 aliphatic heterocycles. The van der Waals surface area contributed by atoms with Gasteiger partial charge in [0, 0.05) is 24.1 Å². The quantitative estimate of drug-likeness (QED) is 0.327. The van der Waals surface area contributed by atoms with E-state index in [2.05, 4.69) is 29.2 Å². The molecule has 3 amide bonds. The maximum atomic E-state index is 13.1. The van der Waals surface area contributed by atoms with Gasteiger partial charge in [-0.15, -0.1) is 0 Å². The van der Waals surface area contributed by atoms with Crippen molar-refractivity contribution >= 4 is 17.7 Å². The predicted molar refractivity (Wildman–Crippen MR) is 140 cm³/mol. The molecule has 3 heterocycles. The SMILES string of the molecule is CC(C)(O)C1CCN(Cc2ccc(COc3cccc4c3CN(C3CCC(=O)N(N)C3=O)C4=O)cc2)CC1. The van der Waals surface area contributed by atoms with Crippen LogP contribution in [0.25, 0.3) is 0 Å². The third-order valence-corrected chi connectivity index (χ3v) is 8.16. The number of benzene rings is 2. The summed E-state index contributed by atoms with van der Waals surface area (Å²) in [7, 11) is 0. The van der Waals surface area contributed by atoms with Crippen LogP contribution in [-0.2, 0) is 29.3 Å². The molecule has 1 unspecified atom stereocenters. The number of carbonyl (C=O) groups is 3. The van der Waals surface area contributed by atoms with E-state index < -0.39 is 23.5 Å². The lowest BCUT2D eigenvalue weighted by molar-refractivity contribution is -0.152. The number of imide groups is 1. The number of likely N-dealkylation sites (tertiary alicyclic amines) is 1. The molecule has 0 aliphatic carbocycles. The first kappa shape index (κ1) is 26.3. The van der Waals surface area contributed by atoms with Crippen molar-refractivity contribution in [2.75, 3.05) is 13.1 Å². The first-order valence-corrected chi connectivity index (χ1v) is 13.3. The smallest absolute Gasteiger partial charge is 0.266 e. The van der Waals surface area contributed by atoms with E-state index >= 15 is 0 Å². The highest BCUT2D eigenvalue weighted by atomic mass is 16.5. The fourth-order valence-electron chi connectivity index (χ4n) is 5.75. The van der Waals surface area contributed by atoms with Gasteiger partial charge in [0.15, 0.2) is 0 Å². The van der Waals surface area contributed by atoms with Crippen molar-refractivity contribution in [3.05, 3.63) is 64.7 Å². The average Bonchev–Trinajstić information content (AvgIpc) is 3.23. The molecule has 1 atom stereocenters. The minimum absolute atomic E-state index is 0.130. The second kappa shape index (κ2) is 10.5. The summed E-state index contributed by atoms with van der Waals surface area (Å²) < 4.78 is 6.13. The molecule has 2 fully saturated rings. The van der Waals surface area contributed by atoms with Crippen LogP contribution >= 0.6 is 0 Å². The van der Waals surface area contributed by atoms with E-state index in [1.54, 1.807) is 12.1 Å². The van der Waals surface area contributed by atoms with Crippen LogP contribution in [0.15, 0.2) is 42.5 Å². The zero-order chi connectivity index (χ0) is 27.0. The van der Waals surface area contributed by atoms with E-state index in [-0.39, 0.29) is 25.3 Å². The Morgan fingerprint density at radius 3 is 2.37 bits per heavy atom. The molecule has 0 aromatic heterocycles. The van der Waals surface area contributed by atoms with Crippen molar-refractivity contribution in [2.24, 2.45) is 11.8 Å². The Morgan fingerprint density at radius 2 is 1.68 bits per heavy atom. The maximum absolute atomic E-state index is 13.1. The Hall–Kier alpha value is -3.27. The fraction of sp³-hybridized carbons (Fsp3) is 0.483. The van der Waals surface area contributed by atoms with E-state index in [9.17, 15) is 19.5 Å². The monoisotopic (exact) mass is 520 g/mol. The number of nitrogens with two attached hydrogens (primary N) is 1. The Morgan fingerprint density at radius 1 is 1.00 bits per heavy atom. The van der Waals surface area contributed by atoms with Crippen molar-refractivity contribution < 1.29 is 24.2 Å². The van der Waals surface area contributed by atoms with E-state index in [0.29, 0.717) is 28.8 Å². The molecular weight excluding hydrogens is 484 g/mol. The summed E-state index contributed by atoms with van der Waals surface area (Å²) in [6, 6.07) is 13.0. The molecule has 202 valence electrons. The molecule has 0 saturated carbocycles. The van der Waals surface area contributed by atoms with Crippen LogP contribution in [0.4, 0.5) is 0 Å². The van der Waals surface area contributed by atoms with E-state index in [4.69, 9.17) is 10.6 Å². The van der Waals surface area contributed by atoms with Gasteiger partial charge in [-0.25, -0.2) is 10.9 Å². The van der Waals surface area contributed by atoms with Crippen LogP contribution in [0.3, 0.4) is 0 Å². The lowest BCUT2D eigenvalue weighted by atomic mass is 9.83. The topological polar surface area (TPSA) is 116 Å². The van der Waals surface area contributed by atoms with Crippen LogP contribution in [0, 0.1) is 5.92 Å². The Kier molecular flexibility index (Phi) is 7.26. The number of fused-ring (bicyclic) bond motifs is 1. The molecular formula is C29H36N4O5. The lowest BCUT2D eigenvalue weighted by Gasteiger charge is -2.37. The number of hydrogen-bond donors (Lipinski definition) is 2. The largest absolute Gasteiger partial charge is 0.489 e. The number of carbonyl (C=O) groups excluding carboxylic acids is 3. The molecule has 38 heavy (non-hydrogen) atoms. The van der Waals surface area contributed by atoms with E-state index in [1.165, 1.54) is 10.5 Å². The van der Waals surface area contributed by atoms with Crippen molar-refractivity contribution in [2.45, 2.75) is 70.9 Å². The molecule has 2 aromatic carbocycles. The maximum Gasteiger partial charge on any atom is 0.266 e. The second-order valence-corrected chi connectivity index (χ2v) is 11.2. The molecule has 2 aromatic rings. The fourth-order valence-corrected chi connectivity index (χ4v) is 5.75. The van der Waals surface area contributed by atoms with Gasteiger partial charge < -0.3 is 14.7 Å². The predicted octanol–water partition coefficient (Wildman–Crippen LogP) is 2.60. The van der Waals surface area contributed by atoms with Crippen LogP contribution in [0.1, 0.15) is 66.6 Å². The average molecular weight is 521 g/mol. The van der Waals surface area contributed by atoms with Gasteiger partial charge in [-0.1, -0.05) is 30.3 Å². The third kappa shape index (κ3) is 5.32. The number of amides is 3. The van der Waals surface area contributed by atoms with Crippen molar-refractivity contribution in [1.82, 2.24) is 14.8 Å².